The number of sulfonamides is 1. The first kappa shape index (κ1) is 17.7. The van der Waals surface area contributed by atoms with Crippen LogP contribution in [0.2, 0.25) is 0 Å². The average Bonchev–Trinajstić information content (AvgIpc) is 2.52. The molecular weight excluding hydrogens is 323 g/mol. The number of ether oxygens (including phenoxy) is 1. The Morgan fingerprint density at radius 2 is 1.91 bits per heavy atom. The zero-order valence-electron chi connectivity index (χ0n) is 13.3. The Bertz CT molecular complexity index is 670. The number of rotatable bonds is 5. The predicted octanol–water partition coefficient (Wildman–Crippen LogP) is 0.871. The Morgan fingerprint density at radius 1 is 1.26 bits per heavy atom. The van der Waals surface area contributed by atoms with Crippen LogP contribution in [0, 0.1) is 5.82 Å². The number of hydrogen-bond acceptors (Lipinski definition) is 4. The number of piperazine rings is 1. The summed E-state index contributed by atoms with van der Waals surface area (Å²) in [6.07, 6.45) is 1.87. The smallest absolute Gasteiger partial charge is 0.222 e. The lowest BCUT2D eigenvalue weighted by Crippen LogP contribution is -2.50. The molecule has 1 aliphatic heterocycles. The number of halogens is 1. The second kappa shape index (κ2) is 7.27. The molecule has 0 N–H and O–H groups in total. The minimum atomic E-state index is -3.20. The monoisotopic (exact) mass is 344 g/mol. The van der Waals surface area contributed by atoms with Crippen molar-refractivity contribution < 1.29 is 22.3 Å². The van der Waals surface area contributed by atoms with E-state index < -0.39 is 15.8 Å². The van der Waals surface area contributed by atoms with Crippen molar-refractivity contribution >= 4 is 15.9 Å². The van der Waals surface area contributed by atoms with E-state index in [0.717, 1.165) is 5.56 Å². The summed E-state index contributed by atoms with van der Waals surface area (Å²) in [7, 11) is -1.80. The molecule has 1 aliphatic rings. The fraction of sp³-hybridized carbons (Fsp3) is 0.533. The van der Waals surface area contributed by atoms with Crippen molar-refractivity contribution in [3.05, 3.63) is 29.6 Å². The lowest BCUT2D eigenvalue weighted by molar-refractivity contribution is -0.132. The molecule has 0 radical (unpaired) electrons. The van der Waals surface area contributed by atoms with Crippen LogP contribution in [0.5, 0.6) is 5.75 Å². The van der Waals surface area contributed by atoms with Crippen LogP contribution in [0.1, 0.15) is 12.0 Å². The Hall–Kier alpha value is -1.67. The number of amides is 1. The zero-order valence-corrected chi connectivity index (χ0v) is 14.1. The van der Waals surface area contributed by atoms with E-state index in [9.17, 15) is 17.6 Å². The van der Waals surface area contributed by atoms with Gasteiger partial charge in [-0.2, -0.15) is 4.31 Å². The summed E-state index contributed by atoms with van der Waals surface area (Å²) in [5.74, 6) is -0.314. The number of aryl methyl sites for hydroxylation is 1. The number of methoxy groups -OCH3 is 1. The van der Waals surface area contributed by atoms with Crippen molar-refractivity contribution in [1.82, 2.24) is 9.21 Å². The van der Waals surface area contributed by atoms with Gasteiger partial charge in [0.05, 0.1) is 13.4 Å². The van der Waals surface area contributed by atoms with E-state index in [1.165, 1.54) is 23.7 Å². The minimum absolute atomic E-state index is 0.0469. The lowest BCUT2D eigenvalue weighted by atomic mass is 10.1. The van der Waals surface area contributed by atoms with Gasteiger partial charge in [0.2, 0.25) is 15.9 Å². The van der Waals surface area contributed by atoms with Gasteiger partial charge in [-0.25, -0.2) is 12.8 Å². The maximum absolute atomic E-state index is 13.6. The van der Waals surface area contributed by atoms with Crippen LogP contribution in [0.15, 0.2) is 18.2 Å². The van der Waals surface area contributed by atoms with Crippen molar-refractivity contribution in [1.29, 1.82) is 0 Å². The molecule has 1 aromatic rings. The van der Waals surface area contributed by atoms with E-state index in [4.69, 9.17) is 4.74 Å². The van der Waals surface area contributed by atoms with E-state index in [1.807, 2.05) is 0 Å². The molecule has 2 rings (SSSR count). The van der Waals surface area contributed by atoms with Crippen LogP contribution in [0.4, 0.5) is 4.39 Å². The number of nitrogens with zero attached hydrogens (tertiary/aromatic N) is 2. The molecule has 1 saturated heterocycles. The normalized spacial score (nSPS) is 16.4. The Balaban J connectivity index is 1.85. The van der Waals surface area contributed by atoms with E-state index in [2.05, 4.69) is 0 Å². The second-order valence-corrected chi connectivity index (χ2v) is 7.49. The quantitative estimate of drug-likeness (QED) is 0.795. The van der Waals surface area contributed by atoms with Gasteiger partial charge in [0.1, 0.15) is 0 Å². The highest BCUT2D eigenvalue weighted by Gasteiger charge is 2.25. The summed E-state index contributed by atoms with van der Waals surface area (Å²) in [6, 6.07) is 4.64. The summed E-state index contributed by atoms with van der Waals surface area (Å²) >= 11 is 0. The van der Waals surface area contributed by atoms with Gasteiger partial charge in [0.15, 0.2) is 11.6 Å². The molecule has 0 saturated carbocycles. The highest BCUT2D eigenvalue weighted by atomic mass is 32.2. The summed E-state index contributed by atoms with van der Waals surface area (Å²) in [5, 5.41) is 0. The van der Waals surface area contributed by atoms with Gasteiger partial charge in [-0.15, -0.1) is 0 Å². The SMILES string of the molecule is COc1ccc(CCC(=O)N2CCN(S(C)(=O)=O)CC2)cc1F. The van der Waals surface area contributed by atoms with Crippen molar-refractivity contribution in [2.45, 2.75) is 12.8 Å². The van der Waals surface area contributed by atoms with Crippen LogP contribution >= 0.6 is 0 Å². The standard InChI is InChI=1S/C15H21FN2O4S/c1-22-14-5-3-12(11-13(14)16)4-6-15(19)17-7-9-18(10-8-17)23(2,20)21/h3,5,11H,4,6-10H2,1-2H3. The number of carbonyl (C=O) groups is 1. The van der Waals surface area contributed by atoms with Crippen LogP contribution < -0.4 is 4.74 Å². The molecule has 8 heteroatoms. The molecule has 128 valence electrons. The van der Waals surface area contributed by atoms with Gasteiger partial charge in [-0.05, 0) is 24.1 Å². The molecule has 1 fully saturated rings. The molecule has 0 atom stereocenters. The molecule has 6 nitrogen and oxygen atoms in total. The van der Waals surface area contributed by atoms with Crippen LogP contribution in [-0.2, 0) is 21.2 Å². The van der Waals surface area contributed by atoms with E-state index in [1.54, 1.807) is 17.0 Å². The van der Waals surface area contributed by atoms with Crippen molar-refractivity contribution in [2.75, 3.05) is 39.5 Å². The molecule has 1 heterocycles. The van der Waals surface area contributed by atoms with E-state index in [0.29, 0.717) is 32.6 Å². The van der Waals surface area contributed by atoms with Crippen molar-refractivity contribution in [3.63, 3.8) is 0 Å². The average molecular weight is 344 g/mol. The Labute approximate surface area is 135 Å². The molecule has 0 unspecified atom stereocenters. The maximum atomic E-state index is 13.6. The highest BCUT2D eigenvalue weighted by Crippen LogP contribution is 2.19. The number of benzene rings is 1. The van der Waals surface area contributed by atoms with Crippen LogP contribution in [0.25, 0.3) is 0 Å². The van der Waals surface area contributed by atoms with Gasteiger partial charge in [0.25, 0.3) is 0 Å². The minimum Gasteiger partial charge on any atom is -0.494 e. The van der Waals surface area contributed by atoms with Gasteiger partial charge in [0, 0.05) is 32.6 Å². The molecule has 1 amide bonds. The molecule has 1 aromatic carbocycles. The fourth-order valence-electron chi connectivity index (χ4n) is 2.54. The van der Waals surface area contributed by atoms with Crippen LogP contribution in [0.3, 0.4) is 0 Å². The van der Waals surface area contributed by atoms with Crippen molar-refractivity contribution in [2.24, 2.45) is 0 Å². The molecule has 0 spiro atoms. The summed E-state index contributed by atoms with van der Waals surface area (Å²) < 4.78 is 42.7. The van der Waals surface area contributed by atoms with E-state index in [-0.39, 0.29) is 18.1 Å². The molecule has 23 heavy (non-hydrogen) atoms. The van der Waals surface area contributed by atoms with Gasteiger partial charge >= 0.3 is 0 Å². The first-order valence-electron chi connectivity index (χ1n) is 7.36. The maximum Gasteiger partial charge on any atom is 0.222 e. The number of hydrogen-bond donors (Lipinski definition) is 0. The van der Waals surface area contributed by atoms with Gasteiger partial charge < -0.3 is 9.64 Å². The van der Waals surface area contributed by atoms with E-state index >= 15 is 0 Å². The van der Waals surface area contributed by atoms with Gasteiger partial charge in [-0.1, -0.05) is 6.07 Å². The molecule has 0 aromatic heterocycles. The zero-order chi connectivity index (χ0) is 17.0. The summed E-state index contributed by atoms with van der Waals surface area (Å²) in [5.41, 5.74) is 0.728. The predicted molar refractivity (Wildman–Crippen MR) is 84.3 cm³/mol. The summed E-state index contributed by atoms with van der Waals surface area (Å²) in [4.78, 5) is 13.8. The van der Waals surface area contributed by atoms with Crippen molar-refractivity contribution in [3.8, 4) is 5.75 Å². The molecular formula is C15H21FN2O4S. The fourth-order valence-corrected chi connectivity index (χ4v) is 3.37. The lowest BCUT2D eigenvalue weighted by Gasteiger charge is -2.33. The van der Waals surface area contributed by atoms with Gasteiger partial charge in [-0.3, -0.25) is 4.79 Å². The largest absolute Gasteiger partial charge is 0.494 e. The summed E-state index contributed by atoms with van der Waals surface area (Å²) in [6.45, 7) is 1.43. The Kier molecular flexibility index (Phi) is 5.59. The Morgan fingerprint density at radius 3 is 2.43 bits per heavy atom. The van der Waals surface area contributed by atoms with Crippen LogP contribution in [-0.4, -0.2) is 63.1 Å². The number of carbonyl (C=O) groups excluding carboxylic acids is 1. The second-order valence-electron chi connectivity index (χ2n) is 5.51. The first-order chi connectivity index (χ1) is 10.8. The molecule has 0 bridgehead atoms. The highest BCUT2D eigenvalue weighted by molar-refractivity contribution is 7.88. The topological polar surface area (TPSA) is 66.9 Å². The third-order valence-corrected chi connectivity index (χ3v) is 5.21. The third kappa shape index (κ3) is 4.65. The first-order valence-corrected chi connectivity index (χ1v) is 9.21. The molecule has 0 aliphatic carbocycles. The third-order valence-electron chi connectivity index (χ3n) is 3.90.